The zero-order valence-electron chi connectivity index (χ0n) is 9.99. The van der Waals surface area contributed by atoms with Crippen molar-refractivity contribution in [2.24, 2.45) is 11.7 Å². The fourth-order valence-electron chi connectivity index (χ4n) is 2.14. The lowest BCUT2D eigenvalue weighted by atomic mass is 9.98. The normalized spacial score (nSPS) is 19.2. The molecule has 1 atom stereocenters. The number of hydrogen-bond acceptors (Lipinski definition) is 5. The molecule has 1 aliphatic heterocycles. The molecule has 1 fully saturated rings. The zero-order chi connectivity index (χ0) is 12.3. The summed E-state index contributed by atoms with van der Waals surface area (Å²) in [5.41, 5.74) is 5.70. The molecule has 1 unspecified atom stereocenters. The number of pyridine rings is 1. The van der Waals surface area contributed by atoms with Crippen LogP contribution >= 0.6 is 12.4 Å². The van der Waals surface area contributed by atoms with Crippen molar-refractivity contribution in [3.8, 4) is 0 Å². The van der Waals surface area contributed by atoms with Gasteiger partial charge in [-0.2, -0.15) is 0 Å². The second kappa shape index (κ2) is 6.51. The van der Waals surface area contributed by atoms with Crippen LogP contribution in [-0.2, 0) is 0 Å². The number of rotatable bonds is 3. The van der Waals surface area contributed by atoms with Gasteiger partial charge >= 0.3 is 0 Å². The molecule has 0 bridgehead atoms. The van der Waals surface area contributed by atoms with Crippen LogP contribution in [0.4, 0.5) is 11.5 Å². The Balaban J connectivity index is 0.00000162. The summed E-state index contributed by atoms with van der Waals surface area (Å²) in [6, 6.07) is 3.20. The molecule has 7 heteroatoms. The van der Waals surface area contributed by atoms with E-state index in [-0.39, 0.29) is 18.1 Å². The minimum absolute atomic E-state index is 0. The van der Waals surface area contributed by atoms with Crippen LogP contribution in [0.3, 0.4) is 0 Å². The molecule has 0 saturated carbocycles. The van der Waals surface area contributed by atoms with Gasteiger partial charge in [0.15, 0.2) is 0 Å². The smallest absolute Gasteiger partial charge is 0.287 e. The maximum atomic E-state index is 10.5. The first-order chi connectivity index (χ1) is 8.20. The average molecular weight is 273 g/mol. The van der Waals surface area contributed by atoms with Crippen molar-refractivity contribution in [3.63, 3.8) is 0 Å². The van der Waals surface area contributed by atoms with Crippen molar-refractivity contribution in [1.82, 2.24) is 4.98 Å². The van der Waals surface area contributed by atoms with Gasteiger partial charge in [-0.25, -0.2) is 4.98 Å². The third-order valence-corrected chi connectivity index (χ3v) is 3.12. The lowest BCUT2D eigenvalue weighted by molar-refractivity contribution is -0.385. The molecule has 18 heavy (non-hydrogen) atoms. The van der Waals surface area contributed by atoms with Crippen LogP contribution in [0.1, 0.15) is 12.8 Å². The van der Waals surface area contributed by atoms with Gasteiger partial charge in [0.25, 0.3) is 5.69 Å². The van der Waals surface area contributed by atoms with Crippen LogP contribution in [0, 0.1) is 16.0 Å². The van der Waals surface area contributed by atoms with E-state index >= 15 is 0 Å². The maximum absolute atomic E-state index is 10.5. The number of nitro groups is 1. The summed E-state index contributed by atoms with van der Waals surface area (Å²) in [6.07, 6.45) is 3.56. The largest absolute Gasteiger partial charge is 0.356 e. The van der Waals surface area contributed by atoms with Gasteiger partial charge in [-0.15, -0.1) is 12.4 Å². The SMILES string of the molecule is Cl.NCC1CCCN(c2ccc([N+](=O)[O-])cn2)C1. The number of halogens is 1. The Bertz CT molecular complexity index is 399. The van der Waals surface area contributed by atoms with E-state index in [1.165, 1.54) is 12.3 Å². The monoisotopic (exact) mass is 272 g/mol. The van der Waals surface area contributed by atoms with E-state index in [0.717, 1.165) is 31.7 Å². The van der Waals surface area contributed by atoms with Gasteiger partial charge in [-0.1, -0.05) is 0 Å². The van der Waals surface area contributed by atoms with E-state index in [1.54, 1.807) is 6.07 Å². The molecule has 0 amide bonds. The summed E-state index contributed by atoms with van der Waals surface area (Å²) in [4.78, 5) is 16.4. The Kier molecular flexibility index (Phi) is 5.30. The second-order valence-corrected chi connectivity index (χ2v) is 4.32. The highest BCUT2D eigenvalue weighted by atomic mass is 35.5. The zero-order valence-corrected chi connectivity index (χ0v) is 10.8. The number of aromatic nitrogens is 1. The topological polar surface area (TPSA) is 85.3 Å². The van der Waals surface area contributed by atoms with E-state index in [1.807, 2.05) is 0 Å². The van der Waals surface area contributed by atoms with Crippen molar-refractivity contribution in [3.05, 3.63) is 28.4 Å². The molecule has 0 aliphatic carbocycles. The second-order valence-electron chi connectivity index (χ2n) is 4.32. The van der Waals surface area contributed by atoms with Crippen LogP contribution in [-0.4, -0.2) is 29.5 Å². The van der Waals surface area contributed by atoms with Gasteiger partial charge in [0.2, 0.25) is 0 Å². The molecule has 2 heterocycles. The molecular weight excluding hydrogens is 256 g/mol. The number of anilines is 1. The molecule has 0 aromatic carbocycles. The summed E-state index contributed by atoms with van der Waals surface area (Å²) < 4.78 is 0. The molecule has 0 spiro atoms. The minimum atomic E-state index is -0.435. The highest BCUT2D eigenvalue weighted by Gasteiger charge is 2.20. The van der Waals surface area contributed by atoms with E-state index in [9.17, 15) is 10.1 Å². The Labute approximate surface area is 112 Å². The fourth-order valence-corrected chi connectivity index (χ4v) is 2.14. The maximum Gasteiger partial charge on any atom is 0.287 e. The molecule has 6 nitrogen and oxygen atoms in total. The van der Waals surface area contributed by atoms with E-state index in [0.29, 0.717) is 12.5 Å². The summed E-state index contributed by atoms with van der Waals surface area (Å²) in [7, 11) is 0. The fraction of sp³-hybridized carbons (Fsp3) is 0.545. The third-order valence-electron chi connectivity index (χ3n) is 3.12. The van der Waals surface area contributed by atoms with Gasteiger partial charge < -0.3 is 10.6 Å². The average Bonchev–Trinajstić information content (AvgIpc) is 2.39. The predicted molar refractivity (Wildman–Crippen MR) is 72.1 cm³/mol. The number of nitrogens with zero attached hydrogens (tertiary/aromatic N) is 3. The summed E-state index contributed by atoms with van der Waals surface area (Å²) in [5, 5.41) is 10.5. The molecular formula is C11H17ClN4O2. The molecule has 0 radical (unpaired) electrons. The number of nitrogens with two attached hydrogens (primary N) is 1. The van der Waals surface area contributed by atoms with Crippen LogP contribution in [0.15, 0.2) is 18.3 Å². The Morgan fingerprint density at radius 2 is 2.33 bits per heavy atom. The molecule has 1 aliphatic rings. The standard InChI is InChI=1S/C11H16N4O2.ClH/c12-6-9-2-1-5-14(8-9)11-4-3-10(7-13-11)15(16)17;/h3-4,7,9H,1-2,5-6,8,12H2;1H. The highest BCUT2D eigenvalue weighted by Crippen LogP contribution is 2.22. The van der Waals surface area contributed by atoms with Gasteiger partial charge in [0.1, 0.15) is 12.0 Å². The van der Waals surface area contributed by atoms with E-state index in [4.69, 9.17) is 5.73 Å². The Morgan fingerprint density at radius 3 is 2.89 bits per heavy atom. The van der Waals surface area contributed by atoms with Gasteiger partial charge in [0, 0.05) is 19.2 Å². The van der Waals surface area contributed by atoms with Crippen molar-refractivity contribution in [1.29, 1.82) is 0 Å². The van der Waals surface area contributed by atoms with Crippen molar-refractivity contribution >= 4 is 23.9 Å². The summed E-state index contributed by atoms with van der Waals surface area (Å²) >= 11 is 0. The first kappa shape index (κ1) is 14.7. The highest BCUT2D eigenvalue weighted by molar-refractivity contribution is 5.85. The molecule has 1 aromatic rings. The van der Waals surface area contributed by atoms with Crippen molar-refractivity contribution in [2.75, 3.05) is 24.5 Å². The van der Waals surface area contributed by atoms with Crippen LogP contribution in [0.5, 0.6) is 0 Å². The molecule has 100 valence electrons. The molecule has 2 N–H and O–H groups in total. The minimum Gasteiger partial charge on any atom is -0.356 e. The Morgan fingerprint density at radius 1 is 1.56 bits per heavy atom. The number of hydrogen-bond donors (Lipinski definition) is 1. The Hall–Kier alpha value is -1.40. The first-order valence-electron chi connectivity index (χ1n) is 5.76. The van der Waals surface area contributed by atoms with Gasteiger partial charge in [-0.05, 0) is 31.4 Å². The molecule has 1 saturated heterocycles. The predicted octanol–water partition coefficient (Wildman–Crippen LogP) is 1.59. The summed E-state index contributed by atoms with van der Waals surface area (Å²) in [6.45, 7) is 2.52. The first-order valence-corrected chi connectivity index (χ1v) is 5.76. The van der Waals surface area contributed by atoms with Gasteiger partial charge in [0.05, 0.1) is 4.92 Å². The molecule has 2 rings (SSSR count). The van der Waals surface area contributed by atoms with E-state index in [2.05, 4.69) is 9.88 Å². The lowest BCUT2D eigenvalue weighted by Gasteiger charge is -2.32. The molecule has 1 aromatic heterocycles. The third kappa shape index (κ3) is 3.30. The van der Waals surface area contributed by atoms with Gasteiger partial charge in [-0.3, -0.25) is 10.1 Å². The summed E-state index contributed by atoms with van der Waals surface area (Å²) in [5.74, 6) is 1.30. The van der Waals surface area contributed by atoms with E-state index < -0.39 is 4.92 Å². The number of piperidine rings is 1. The quantitative estimate of drug-likeness (QED) is 0.667. The van der Waals surface area contributed by atoms with Crippen molar-refractivity contribution in [2.45, 2.75) is 12.8 Å². The van der Waals surface area contributed by atoms with Crippen molar-refractivity contribution < 1.29 is 4.92 Å². The van der Waals surface area contributed by atoms with Crippen LogP contribution in [0.2, 0.25) is 0 Å². The van der Waals surface area contributed by atoms with Crippen LogP contribution < -0.4 is 10.6 Å². The van der Waals surface area contributed by atoms with Crippen LogP contribution in [0.25, 0.3) is 0 Å². The lowest BCUT2D eigenvalue weighted by Crippen LogP contribution is -2.38.